The number of aryl methyl sites for hydroxylation is 1. The highest BCUT2D eigenvalue weighted by Crippen LogP contribution is 2.39. The number of ether oxygens (including phenoxy) is 1. The molecule has 0 saturated carbocycles. The first kappa shape index (κ1) is 19.5. The summed E-state index contributed by atoms with van der Waals surface area (Å²) in [5.74, 6) is 1.66. The van der Waals surface area contributed by atoms with Crippen LogP contribution in [0.15, 0.2) is 18.2 Å². The van der Waals surface area contributed by atoms with Crippen molar-refractivity contribution in [2.24, 2.45) is 5.41 Å². The average molecular weight is 379 g/mol. The number of hydrogen-bond donors (Lipinski definition) is 1. The fourth-order valence-corrected chi connectivity index (χ4v) is 5.02. The normalized spacial score (nSPS) is 24.0. The molecule has 0 radical (unpaired) electrons. The lowest BCUT2D eigenvalue weighted by atomic mass is 9.77. The molecule has 26 heavy (non-hydrogen) atoms. The van der Waals surface area contributed by atoms with E-state index in [0.29, 0.717) is 23.7 Å². The smallest absolute Gasteiger partial charge is 0.223 e. The molecule has 2 saturated heterocycles. The van der Waals surface area contributed by atoms with Gasteiger partial charge in [-0.15, -0.1) is 12.4 Å². The van der Waals surface area contributed by atoms with Gasteiger partial charge in [-0.3, -0.25) is 4.79 Å². The van der Waals surface area contributed by atoms with Crippen LogP contribution in [-0.4, -0.2) is 44.1 Å². The van der Waals surface area contributed by atoms with E-state index in [1.165, 1.54) is 36.8 Å². The van der Waals surface area contributed by atoms with Crippen molar-refractivity contribution < 1.29 is 9.53 Å². The van der Waals surface area contributed by atoms with Gasteiger partial charge >= 0.3 is 0 Å². The molecule has 4 rings (SSSR count). The van der Waals surface area contributed by atoms with Crippen molar-refractivity contribution in [2.75, 3.05) is 33.3 Å². The molecule has 1 unspecified atom stereocenters. The van der Waals surface area contributed by atoms with E-state index in [0.717, 1.165) is 44.8 Å². The Morgan fingerprint density at radius 3 is 2.81 bits per heavy atom. The highest BCUT2D eigenvalue weighted by Gasteiger charge is 2.38. The number of hydrogen-bond acceptors (Lipinski definition) is 3. The number of nitrogens with zero attached hydrogens (tertiary/aromatic N) is 1. The Morgan fingerprint density at radius 1 is 1.31 bits per heavy atom. The van der Waals surface area contributed by atoms with Crippen molar-refractivity contribution in [3.8, 4) is 5.75 Å². The van der Waals surface area contributed by atoms with Gasteiger partial charge in [-0.1, -0.05) is 6.07 Å². The van der Waals surface area contributed by atoms with E-state index in [1.54, 1.807) is 7.11 Å². The fraction of sp³-hybridized carbons (Fsp3) is 0.667. The number of amides is 1. The molecule has 2 aliphatic heterocycles. The van der Waals surface area contributed by atoms with Crippen LogP contribution in [0, 0.1) is 5.41 Å². The minimum atomic E-state index is 0. The lowest BCUT2D eigenvalue weighted by Crippen LogP contribution is -2.44. The van der Waals surface area contributed by atoms with Crippen LogP contribution in [-0.2, 0) is 11.2 Å². The molecular formula is C21H31ClN2O2. The van der Waals surface area contributed by atoms with Gasteiger partial charge in [-0.05, 0) is 79.7 Å². The minimum Gasteiger partial charge on any atom is -0.497 e. The summed E-state index contributed by atoms with van der Waals surface area (Å²) in [4.78, 5) is 15.0. The molecule has 1 aromatic carbocycles. The summed E-state index contributed by atoms with van der Waals surface area (Å²) in [7, 11) is 1.72. The number of carbonyl (C=O) groups is 1. The second-order valence-electron chi connectivity index (χ2n) is 8.17. The molecule has 3 aliphatic rings. The molecule has 4 nitrogen and oxygen atoms in total. The van der Waals surface area contributed by atoms with Gasteiger partial charge < -0.3 is 15.0 Å². The van der Waals surface area contributed by atoms with Gasteiger partial charge in [0.2, 0.25) is 5.91 Å². The number of halogens is 1. The van der Waals surface area contributed by atoms with Crippen molar-refractivity contribution in [1.29, 1.82) is 0 Å². The number of fused-ring (bicyclic) bond motifs is 1. The monoisotopic (exact) mass is 378 g/mol. The topological polar surface area (TPSA) is 41.6 Å². The van der Waals surface area contributed by atoms with Crippen LogP contribution in [0.3, 0.4) is 0 Å². The first-order valence-corrected chi connectivity index (χ1v) is 9.84. The molecule has 1 amide bonds. The van der Waals surface area contributed by atoms with Crippen LogP contribution >= 0.6 is 12.4 Å². The highest BCUT2D eigenvalue weighted by molar-refractivity contribution is 5.85. The number of piperidine rings is 1. The summed E-state index contributed by atoms with van der Waals surface area (Å²) in [6.07, 6.45) is 7.71. The Morgan fingerprint density at radius 2 is 2.12 bits per heavy atom. The molecule has 1 aromatic rings. The molecule has 0 aromatic heterocycles. The van der Waals surface area contributed by atoms with E-state index in [9.17, 15) is 4.79 Å². The number of carbonyl (C=O) groups excluding carboxylic acids is 1. The first-order valence-electron chi connectivity index (χ1n) is 9.84. The van der Waals surface area contributed by atoms with Crippen LogP contribution in [0.5, 0.6) is 5.75 Å². The zero-order valence-corrected chi connectivity index (χ0v) is 16.6. The summed E-state index contributed by atoms with van der Waals surface area (Å²) in [6, 6.07) is 6.38. The predicted molar refractivity (Wildman–Crippen MR) is 106 cm³/mol. The van der Waals surface area contributed by atoms with Crippen molar-refractivity contribution in [3.05, 3.63) is 29.3 Å². The van der Waals surface area contributed by atoms with Gasteiger partial charge in [0.1, 0.15) is 5.75 Å². The van der Waals surface area contributed by atoms with Crippen LogP contribution in [0.2, 0.25) is 0 Å². The number of rotatable bonds is 3. The predicted octanol–water partition coefficient (Wildman–Crippen LogP) is 3.53. The van der Waals surface area contributed by atoms with Crippen molar-refractivity contribution in [2.45, 2.75) is 50.9 Å². The van der Waals surface area contributed by atoms with Crippen molar-refractivity contribution in [3.63, 3.8) is 0 Å². The maximum Gasteiger partial charge on any atom is 0.223 e. The Bertz CT molecular complexity index is 633. The summed E-state index contributed by atoms with van der Waals surface area (Å²) in [5.41, 5.74) is 3.22. The number of nitrogens with one attached hydrogen (secondary N) is 1. The standard InChI is InChI=1S/C21H30N2O2.ClH/c1-25-18-5-6-19-16(13-18)3-2-4-17(19)14-20(24)23-11-8-21(9-12-23)7-10-22-15-21;/h5-6,13,17,22H,2-4,7-12,14-15H2,1H3;1H. The summed E-state index contributed by atoms with van der Waals surface area (Å²) in [6.45, 7) is 4.19. The average Bonchev–Trinajstić information content (AvgIpc) is 3.10. The molecule has 2 heterocycles. The van der Waals surface area contributed by atoms with Crippen LogP contribution in [0.25, 0.3) is 0 Å². The number of methoxy groups -OCH3 is 1. The Labute approximate surface area is 163 Å². The Hall–Kier alpha value is -1.26. The van der Waals surface area contributed by atoms with E-state index >= 15 is 0 Å². The van der Waals surface area contributed by atoms with E-state index < -0.39 is 0 Å². The van der Waals surface area contributed by atoms with Crippen molar-refractivity contribution >= 4 is 18.3 Å². The third kappa shape index (κ3) is 3.86. The molecule has 1 spiro atoms. The fourth-order valence-electron chi connectivity index (χ4n) is 5.02. The van der Waals surface area contributed by atoms with Crippen molar-refractivity contribution in [1.82, 2.24) is 10.2 Å². The van der Waals surface area contributed by atoms with E-state index in [1.807, 2.05) is 6.07 Å². The van der Waals surface area contributed by atoms with E-state index in [2.05, 4.69) is 22.3 Å². The molecule has 5 heteroatoms. The summed E-state index contributed by atoms with van der Waals surface area (Å²) < 4.78 is 5.36. The summed E-state index contributed by atoms with van der Waals surface area (Å²) >= 11 is 0. The lowest BCUT2D eigenvalue weighted by Gasteiger charge is -2.39. The van der Waals surface area contributed by atoms with Crippen LogP contribution in [0.1, 0.15) is 55.6 Å². The zero-order chi connectivity index (χ0) is 17.3. The SMILES string of the molecule is COc1ccc2c(c1)CCCC2CC(=O)N1CCC2(CCNC2)CC1.Cl. The lowest BCUT2D eigenvalue weighted by molar-refractivity contribution is -0.133. The maximum absolute atomic E-state index is 12.9. The molecule has 0 bridgehead atoms. The highest BCUT2D eigenvalue weighted by atomic mass is 35.5. The third-order valence-electron chi connectivity index (χ3n) is 6.72. The second-order valence-corrected chi connectivity index (χ2v) is 8.17. The maximum atomic E-state index is 12.9. The minimum absolute atomic E-state index is 0. The molecule has 1 aliphatic carbocycles. The first-order chi connectivity index (χ1) is 12.2. The molecule has 144 valence electrons. The summed E-state index contributed by atoms with van der Waals surface area (Å²) in [5, 5.41) is 3.50. The van der Waals surface area contributed by atoms with E-state index in [-0.39, 0.29) is 12.4 Å². The molecule has 2 fully saturated rings. The van der Waals surface area contributed by atoms with Gasteiger partial charge in [0.25, 0.3) is 0 Å². The number of benzene rings is 1. The van der Waals surface area contributed by atoms with Gasteiger partial charge in [-0.25, -0.2) is 0 Å². The molecule has 1 N–H and O–H groups in total. The Kier molecular flexibility index (Phi) is 6.13. The van der Waals surface area contributed by atoms with Gasteiger partial charge in [0.05, 0.1) is 7.11 Å². The van der Waals surface area contributed by atoms with E-state index in [4.69, 9.17) is 4.74 Å². The van der Waals surface area contributed by atoms with Crippen LogP contribution < -0.4 is 10.1 Å². The van der Waals surface area contributed by atoms with Gasteiger partial charge in [-0.2, -0.15) is 0 Å². The largest absolute Gasteiger partial charge is 0.497 e. The van der Waals surface area contributed by atoms with Gasteiger partial charge in [0.15, 0.2) is 0 Å². The quantitative estimate of drug-likeness (QED) is 0.874. The zero-order valence-electron chi connectivity index (χ0n) is 15.8. The van der Waals surface area contributed by atoms with Gasteiger partial charge in [0, 0.05) is 26.1 Å². The van der Waals surface area contributed by atoms with Crippen LogP contribution in [0.4, 0.5) is 0 Å². The molecular weight excluding hydrogens is 348 g/mol. The third-order valence-corrected chi connectivity index (χ3v) is 6.72. The number of likely N-dealkylation sites (tertiary alicyclic amines) is 1. The molecule has 1 atom stereocenters. The second kappa shape index (κ2) is 8.18. The Balaban J connectivity index is 0.00000196.